The Morgan fingerprint density at radius 1 is 1.03 bits per heavy atom. The first-order valence-corrected chi connectivity index (χ1v) is 10.9. The van der Waals surface area contributed by atoms with E-state index < -0.39 is 0 Å². The van der Waals surface area contributed by atoms with Crippen molar-refractivity contribution in [3.63, 3.8) is 0 Å². The molecule has 1 aliphatic heterocycles. The number of hydrogen-bond donors (Lipinski definition) is 2. The van der Waals surface area contributed by atoms with Crippen molar-refractivity contribution in [2.45, 2.75) is 32.8 Å². The fraction of sp³-hybridized carbons (Fsp3) is 0.417. The minimum atomic E-state index is -0.165. The van der Waals surface area contributed by atoms with Crippen LogP contribution in [0.25, 0.3) is 0 Å². The summed E-state index contributed by atoms with van der Waals surface area (Å²) in [4.78, 5) is 26.3. The zero-order valence-electron chi connectivity index (χ0n) is 18.2. The highest BCUT2D eigenvalue weighted by molar-refractivity contribution is 5.96. The Hall–Kier alpha value is -3.06. The van der Waals surface area contributed by atoms with E-state index in [1.807, 2.05) is 38.1 Å². The first-order chi connectivity index (χ1) is 15.1. The first-order valence-electron chi connectivity index (χ1n) is 10.9. The molecule has 2 N–H and O–H groups in total. The third kappa shape index (κ3) is 6.72. The second-order valence-electron chi connectivity index (χ2n) is 7.43. The van der Waals surface area contributed by atoms with Gasteiger partial charge >= 0.3 is 0 Å². The van der Waals surface area contributed by atoms with Gasteiger partial charge in [-0.05, 0) is 75.2 Å². The molecule has 2 aromatic carbocycles. The minimum Gasteiger partial charge on any atom is -0.491 e. The summed E-state index contributed by atoms with van der Waals surface area (Å²) in [5, 5.41) is 5.93. The molecule has 166 valence electrons. The van der Waals surface area contributed by atoms with Crippen molar-refractivity contribution < 1.29 is 19.1 Å². The normalized spacial score (nSPS) is 15.4. The molecule has 0 bridgehead atoms. The monoisotopic (exact) mass is 425 g/mol. The summed E-state index contributed by atoms with van der Waals surface area (Å²) in [5.41, 5.74) is 2.10. The quantitative estimate of drug-likeness (QED) is 0.606. The van der Waals surface area contributed by atoms with Crippen LogP contribution >= 0.6 is 0 Å². The molecule has 0 spiro atoms. The van der Waals surface area contributed by atoms with Gasteiger partial charge in [0.2, 0.25) is 5.91 Å². The predicted octanol–water partition coefficient (Wildman–Crippen LogP) is 3.78. The Kier molecular flexibility index (Phi) is 8.29. The SMILES string of the molecule is CCN(CC)C(=O)c1ccc(NC(=O)CNc2ccc(OCC3CCCO3)cc2)cc1. The number of benzene rings is 2. The molecular formula is C24H31N3O4. The third-order valence-electron chi connectivity index (χ3n) is 5.23. The standard InChI is InChI=1S/C24H31N3O4/c1-3-27(4-2)24(29)18-7-9-20(10-8-18)26-23(28)16-25-19-11-13-21(14-12-19)31-17-22-6-5-15-30-22/h7-14,22,25H,3-6,15-17H2,1-2H3,(H,26,28). The maximum absolute atomic E-state index is 12.3. The van der Waals surface area contributed by atoms with Crippen LogP contribution in [0.3, 0.4) is 0 Å². The molecule has 0 aromatic heterocycles. The smallest absolute Gasteiger partial charge is 0.253 e. The van der Waals surface area contributed by atoms with E-state index in [1.54, 1.807) is 29.2 Å². The maximum atomic E-state index is 12.3. The maximum Gasteiger partial charge on any atom is 0.253 e. The molecular weight excluding hydrogens is 394 g/mol. The molecule has 0 radical (unpaired) electrons. The average molecular weight is 426 g/mol. The van der Waals surface area contributed by atoms with Gasteiger partial charge < -0.3 is 25.0 Å². The van der Waals surface area contributed by atoms with Gasteiger partial charge in [-0.3, -0.25) is 9.59 Å². The molecule has 1 unspecified atom stereocenters. The Morgan fingerprint density at radius 2 is 1.71 bits per heavy atom. The molecule has 1 fully saturated rings. The van der Waals surface area contributed by atoms with Gasteiger partial charge in [-0.25, -0.2) is 0 Å². The van der Waals surface area contributed by atoms with E-state index in [2.05, 4.69) is 10.6 Å². The summed E-state index contributed by atoms with van der Waals surface area (Å²) in [6.45, 7) is 6.76. The van der Waals surface area contributed by atoms with Crippen LogP contribution in [-0.2, 0) is 9.53 Å². The van der Waals surface area contributed by atoms with E-state index in [-0.39, 0.29) is 24.5 Å². The van der Waals surface area contributed by atoms with Crippen molar-refractivity contribution in [2.75, 3.05) is 43.5 Å². The Morgan fingerprint density at radius 3 is 2.32 bits per heavy atom. The number of hydrogen-bond acceptors (Lipinski definition) is 5. The van der Waals surface area contributed by atoms with Gasteiger partial charge in [0, 0.05) is 36.6 Å². The molecule has 1 aliphatic rings. The molecule has 2 amide bonds. The number of nitrogens with zero attached hydrogens (tertiary/aromatic N) is 1. The van der Waals surface area contributed by atoms with Gasteiger partial charge in [0.15, 0.2) is 0 Å². The highest BCUT2D eigenvalue weighted by atomic mass is 16.5. The van der Waals surface area contributed by atoms with Crippen LogP contribution in [0.1, 0.15) is 37.0 Å². The lowest BCUT2D eigenvalue weighted by Crippen LogP contribution is -2.30. The first kappa shape index (κ1) is 22.6. The molecule has 3 rings (SSSR count). The zero-order chi connectivity index (χ0) is 22.1. The molecule has 1 saturated heterocycles. The van der Waals surface area contributed by atoms with Crippen LogP contribution in [0.4, 0.5) is 11.4 Å². The molecule has 1 heterocycles. The lowest BCUT2D eigenvalue weighted by atomic mass is 10.1. The van der Waals surface area contributed by atoms with Crippen molar-refractivity contribution in [1.29, 1.82) is 0 Å². The van der Waals surface area contributed by atoms with E-state index in [9.17, 15) is 9.59 Å². The second kappa shape index (κ2) is 11.4. The van der Waals surface area contributed by atoms with E-state index in [0.717, 1.165) is 30.9 Å². The average Bonchev–Trinajstić information content (AvgIpc) is 3.32. The van der Waals surface area contributed by atoms with E-state index in [0.29, 0.717) is 30.9 Å². The molecule has 0 aliphatic carbocycles. The zero-order valence-corrected chi connectivity index (χ0v) is 18.2. The highest BCUT2D eigenvalue weighted by Gasteiger charge is 2.16. The Balaban J connectivity index is 1.42. The van der Waals surface area contributed by atoms with Gasteiger partial charge in [-0.1, -0.05) is 0 Å². The fourth-order valence-corrected chi connectivity index (χ4v) is 3.41. The van der Waals surface area contributed by atoms with Crippen LogP contribution in [0, 0.1) is 0 Å². The van der Waals surface area contributed by atoms with Crippen LogP contribution in [0.5, 0.6) is 5.75 Å². The number of amides is 2. The molecule has 1 atom stereocenters. The lowest BCUT2D eigenvalue weighted by molar-refractivity contribution is -0.114. The van der Waals surface area contributed by atoms with Gasteiger partial charge in [0.25, 0.3) is 5.91 Å². The predicted molar refractivity (Wildman–Crippen MR) is 122 cm³/mol. The summed E-state index contributed by atoms with van der Waals surface area (Å²) in [7, 11) is 0. The van der Waals surface area contributed by atoms with E-state index >= 15 is 0 Å². The molecule has 7 heteroatoms. The Labute approximate surface area is 183 Å². The summed E-state index contributed by atoms with van der Waals surface area (Å²) in [6.07, 6.45) is 2.33. The van der Waals surface area contributed by atoms with Crippen LogP contribution < -0.4 is 15.4 Å². The fourth-order valence-electron chi connectivity index (χ4n) is 3.41. The second-order valence-corrected chi connectivity index (χ2v) is 7.43. The minimum absolute atomic E-state index is 0.00672. The van der Waals surface area contributed by atoms with Crippen molar-refractivity contribution in [3.05, 3.63) is 54.1 Å². The van der Waals surface area contributed by atoms with Crippen LogP contribution in [0.2, 0.25) is 0 Å². The lowest BCUT2D eigenvalue weighted by Gasteiger charge is -2.18. The van der Waals surface area contributed by atoms with E-state index in [4.69, 9.17) is 9.47 Å². The number of carbonyl (C=O) groups is 2. The summed E-state index contributed by atoms with van der Waals surface area (Å²) in [5.74, 6) is 0.610. The van der Waals surface area contributed by atoms with E-state index in [1.165, 1.54) is 0 Å². The molecule has 31 heavy (non-hydrogen) atoms. The summed E-state index contributed by atoms with van der Waals surface area (Å²) < 4.78 is 11.3. The van der Waals surface area contributed by atoms with Crippen molar-refractivity contribution in [3.8, 4) is 5.75 Å². The topological polar surface area (TPSA) is 79.9 Å². The summed E-state index contributed by atoms with van der Waals surface area (Å²) >= 11 is 0. The van der Waals surface area contributed by atoms with Crippen molar-refractivity contribution >= 4 is 23.2 Å². The number of rotatable bonds is 10. The Bertz CT molecular complexity index is 842. The highest BCUT2D eigenvalue weighted by Crippen LogP contribution is 2.18. The number of nitrogens with one attached hydrogen (secondary N) is 2. The van der Waals surface area contributed by atoms with Gasteiger partial charge in [0.05, 0.1) is 12.6 Å². The molecule has 2 aromatic rings. The van der Waals surface area contributed by atoms with Crippen molar-refractivity contribution in [2.24, 2.45) is 0 Å². The van der Waals surface area contributed by atoms with Crippen LogP contribution in [0.15, 0.2) is 48.5 Å². The van der Waals surface area contributed by atoms with Gasteiger partial charge in [-0.2, -0.15) is 0 Å². The molecule has 7 nitrogen and oxygen atoms in total. The van der Waals surface area contributed by atoms with Gasteiger partial charge in [0.1, 0.15) is 12.4 Å². The largest absolute Gasteiger partial charge is 0.491 e. The van der Waals surface area contributed by atoms with Crippen LogP contribution in [-0.4, -0.2) is 55.7 Å². The number of anilines is 2. The number of ether oxygens (including phenoxy) is 2. The third-order valence-corrected chi connectivity index (χ3v) is 5.23. The van der Waals surface area contributed by atoms with Gasteiger partial charge in [-0.15, -0.1) is 0 Å². The van der Waals surface area contributed by atoms with Crippen molar-refractivity contribution in [1.82, 2.24) is 4.90 Å². The number of carbonyl (C=O) groups excluding carboxylic acids is 2. The molecule has 0 saturated carbocycles. The summed E-state index contributed by atoms with van der Waals surface area (Å²) in [6, 6.07) is 14.5.